The Labute approximate surface area is 317 Å². The lowest BCUT2D eigenvalue weighted by molar-refractivity contribution is -0.144. The van der Waals surface area contributed by atoms with Gasteiger partial charge in [-0.05, 0) is 56.3 Å². The molecule has 3 unspecified atom stereocenters. The molecular weight excluding hydrogens is 701 g/mol. The molecule has 15 heteroatoms. The number of methoxy groups -OCH3 is 2. The van der Waals surface area contributed by atoms with Gasteiger partial charge >= 0.3 is 5.97 Å². The van der Waals surface area contributed by atoms with Gasteiger partial charge in [0.25, 0.3) is 5.91 Å². The van der Waals surface area contributed by atoms with Gasteiger partial charge in [-0.15, -0.1) is 11.3 Å². The topological polar surface area (TPSA) is 173 Å². The number of fused-ring (bicyclic) bond motifs is 1. The number of aliphatic carboxylic acids is 1. The molecule has 2 aliphatic rings. The Kier molecular flexibility index (Phi) is 16.1. The fourth-order valence-corrected chi connectivity index (χ4v) is 8.18. The summed E-state index contributed by atoms with van der Waals surface area (Å²) in [5.41, 5.74) is 1.52. The lowest BCUT2D eigenvalue weighted by Crippen LogP contribution is -2.59. The highest BCUT2D eigenvalue weighted by molar-refractivity contribution is 7.09. The van der Waals surface area contributed by atoms with E-state index in [9.17, 15) is 24.3 Å². The van der Waals surface area contributed by atoms with E-state index in [0.29, 0.717) is 48.7 Å². The van der Waals surface area contributed by atoms with Crippen LogP contribution in [0.1, 0.15) is 105 Å². The van der Waals surface area contributed by atoms with Crippen molar-refractivity contribution in [3.8, 4) is 0 Å². The molecule has 0 bridgehead atoms. The van der Waals surface area contributed by atoms with Gasteiger partial charge in [0.05, 0.1) is 18.6 Å². The Morgan fingerprint density at radius 3 is 2.58 bits per heavy atom. The van der Waals surface area contributed by atoms with E-state index in [1.807, 2.05) is 39.6 Å². The summed E-state index contributed by atoms with van der Waals surface area (Å²) in [6.45, 7) is 9.51. The van der Waals surface area contributed by atoms with Crippen LogP contribution in [0.5, 0.6) is 0 Å². The van der Waals surface area contributed by atoms with Crippen LogP contribution in [-0.4, -0.2) is 120 Å². The monoisotopic (exact) mass is 758 g/mol. The summed E-state index contributed by atoms with van der Waals surface area (Å²) in [5, 5.41) is 18.2. The number of carboxylic acids is 1. The maximum Gasteiger partial charge on any atom is 0.311 e. The summed E-state index contributed by atoms with van der Waals surface area (Å²) >= 11 is 1.27. The summed E-state index contributed by atoms with van der Waals surface area (Å²) in [7, 11) is 5.08. The number of amides is 3. The minimum Gasteiger partial charge on any atom is -0.481 e. The van der Waals surface area contributed by atoms with Crippen LogP contribution >= 0.6 is 11.3 Å². The second-order valence-electron chi connectivity index (χ2n) is 14.6. The zero-order valence-electron chi connectivity index (χ0n) is 32.2. The molecule has 0 saturated carbocycles. The summed E-state index contributed by atoms with van der Waals surface area (Å²) in [6.07, 6.45) is 5.49. The van der Waals surface area contributed by atoms with Crippen molar-refractivity contribution in [1.82, 2.24) is 30.4 Å². The van der Waals surface area contributed by atoms with E-state index in [2.05, 4.69) is 25.5 Å². The van der Waals surface area contributed by atoms with Gasteiger partial charge in [0.1, 0.15) is 29.6 Å². The maximum absolute atomic E-state index is 14.6. The van der Waals surface area contributed by atoms with E-state index in [-0.39, 0.29) is 54.6 Å². The molecule has 3 heterocycles. The number of hydrogen-bond donors (Lipinski definition) is 3. The molecule has 53 heavy (non-hydrogen) atoms. The fraction of sp³-hybridized carbons (Fsp3) is 0.684. The number of nitrogens with zero attached hydrogens (tertiary/aromatic N) is 4. The van der Waals surface area contributed by atoms with Crippen LogP contribution in [0.3, 0.4) is 0 Å². The van der Waals surface area contributed by atoms with Crippen molar-refractivity contribution in [2.75, 3.05) is 47.8 Å². The van der Waals surface area contributed by atoms with E-state index >= 15 is 0 Å². The second-order valence-corrected chi connectivity index (χ2v) is 15.5. The molecule has 1 fully saturated rings. The standard InChI is InChI=1S/C38H58N6O8S/c1-8-24(4)33(42-35(46)30-13-9-10-15-43(30)5)37(47)44(16-17-50-6)31(23(2)3)20-32(52-22-51-7)36-41-29(21-53-36)34(45)40-25-18-27(38(48)49)26-12-11-14-39-28(26)19-25/h11-12,14,21,23-25,27,30-33H,8-10,13,15-20,22H2,1-7H3,(H,40,45)(H,42,46)(H,48,49)/t24?,25-,27-,30?,31-,32-,33?/m1/s1. The Morgan fingerprint density at radius 2 is 1.92 bits per heavy atom. The molecule has 2 aromatic heterocycles. The number of thiazole rings is 1. The van der Waals surface area contributed by atoms with Crippen molar-refractivity contribution >= 4 is 35.0 Å². The van der Waals surface area contributed by atoms with Gasteiger partial charge in [-0.3, -0.25) is 29.1 Å². The molecule has 0 spiro atoms. The fourth-order valence-electron chi connectivity index (χ4n) is 7.33. The summed E-state index contributed by atoms with van der Waals surface area (Å²) < 4.78 is 16.9. The van der Waals surface area contributed by atoms with Crippen molar-refractivity contribution in [3.05, 3.63) is 45.7 Å². The first-order chi connectivity index (χ1) is 25.4. The van der Waals surface area contributed by atoms with Crippen LogP contribution in [0.2, 0.25) is 0 Å². The van der Waals surface area contributed by atoms with Crippen molar-refractivity contribution in [1.29, 1.82) is 0 Å². The number of carboxylic acid groups (broad SMARTS) is 1. The highest BCUT2D eigenvalue weighted by atomic mass is 32.1. The first-order valence-electron chi connectivity index (χ1n) is 18.7. The third-order valence-electron chi connectivity index (χ3n) is 10.6. The molecule has 3 amide bonds. The van der Waals surface area contributed by atoms with Crippen LogP contribution in [0, 0.1) is 11.8 Å². The Bertz CT molecular complexity index is 1520. The van der Waals surface area contributed by atoms with Crippen molar-refractivity contribution in [2.24, 2.45) is 11.8 Å². The minimum absolute atomic E-state index is 0.0186. The van der Waals surface area contributed by atoms with E-state index in [1.54, 1.807) is 30.8 Å². The summed E-state index contributed by atoms with van der Waals surface area (Å²) in [5.74, 6) is -2.57. The van der Waals surface area contributed by atoms with E-state index < -0.39 is 36.0 Å². The number of ether oxygens (including phenoxy) is 3. The molecule has 3 N–H and O–H groups in total. The number of carbonyl (C=O) groups is 4. The number of nitrogens with one attached hydrogen (secondary N) is 2. The van der Waals surface area contributed by atoms with Gasteiger partial charge in [-0.25, -0.2) is 4.98 Å². The van der Waals surface area contributed by atoms with Crippen molar-refractivity contribution in [2.45, 2.75) is 109 Å². The van der Waals surface area contributed by atoms with Gasteiger partial charge in [0.2, 0.25) is 11.8 Å². The van der Waals surface area contributed by atoms with Crippen LogP contribution < -0.4 is 10.6 Å². The predicted molar refractivity (Wildman–Crippen MR) is 200 cm³/mol. The average molecular weight is 759 g/mol. The molecule has 4 rings (SSSR count). The highest BCUT2D eigenvalue weighted by Gasteiger charge is 2.39. The number of pyridine rings is 1. The molecule has 1 saturated heterocycles. The van der Waals surface area contributed by atoms with E-state index in [0.717, 1.165) is 25.8 Å². The van der Waals surface area contributed by atoms with Gasteiger partial charge in [-0.2, -0.15) is 0 Å². The lowest BCUT2D eigenvalue weighted by atomic mass is 9.82. The Hall–Kier alpha value is -3.50. The number of likely N-dealkylation sites (N-methyl/N-ethyl adjacent to an activating group) is 1. The maximum atomic E-state index is 14.6. The smallest absolute Gasteiger partial charge is 0.311 e. The molecule has 1 aliphatic carbocycles. The number of hydrogen-bond acceptors (Lipinski definition) is 11. The van der Waals surface area contributed by atoms with Crippen LogP contribution in [0.25, 0.3) is 0 Å². The molecule has 1 aliphatic heterocycles. The molecular formula is C38H58N6O8S. The summed E-state index contributed by atoms with van der Waals surface area (Å²) in [6, 6.07) is 1.73. The van der Waals surface area contributed by atoms with Crippen molar-refractivity contribution in [3.63, 3.8) is 0 Å². The molecule has 2 aromatic rings. The second kappa shape index (κ2) is 20.3. The third-order valence-corrected chi connectivity index (χ3v) is 11.5. The molecule has 7 atom stereocenters. The summed E-state index contributed by atoms with van der Waals surface area (Å²) in [4.78, 5) is 66.7. The molecule has 14 nitrogen and oxygen atoms in total. The molecule has 0 aromatic carbocycles. The predicted octanol–water partition coefficient (Wildman–Crippen LogP) is 4.02. The van der Waals surface area contributed by atoms with Crippen molar-refractivity contribution < 1.29 is 38.5 Å². The van der Waals surface area contributed by atoms with Gasteiger partial charge < -0.3 is 34.9 Å². The average Bonchev–Trinajstić information content (AvgIpc) is 3.64. The van der Waals surface area contributed by atoms with Gasteiger partial charge in [0, 0.05) is 63.0 Å². The van der Waals surface area contributed by atoms with E-state index in [1.165, 1.54) is 18.4 Å². The number of aromatic nitrogens is 2. The largest absolute Gasteiger partial charge is 0.481 e. The SMILES string of the molecule is CCC(C)C(NC(=O)C1CCCCN1C)C(=O)N(CCOC)[C@H](C[C@@H](OCOC)c1nc(C(=O)N[C@H]2Cc3ncccc3[C@H](C(=O)O)C2)cs1)C(C)C. The van der Waals surface area contributed by atoms with E-state index in [4.69, 9.17) is 14.2 Å². The molecule has 0 radical (unpaired) electrons. The number of likely N-dealkylation sites (tertiary alicyclic amines) is 1. The number of piperidine rings is 1. The number of rotatable bonds is 19. The molecule has 294 valence electrons. The normalized spacial score (nSPS) is 21.2. The lowest BCUT2D eigenvalue weighted by Gasteiger charge is -2.40. The first-order valence-corrected chi connectivity index (χ1v) is 19.6. The van der Waals surface area contributed by atoms with Gasteiger partial charge in [0.15, 0.2) is 0 Å². The van der Waals surface area contributed by atoms with Gasteiger partial charge in [-0.1, -0.05) is 46.6 Å². The zero-order chi connectivity index (χ0) is 38.7. The van der Waals surface area contributed by atoms with Crippen LogP contribution in [0.4, 0.5) is 0 Å². The zero-order valence-corrected chi connectivity index (χ0v) is 33.0. The van der Waals surface area contributed by atoms with Crippen LogP contribution in [0.15, 0.2) is 23.7 Å². The van der Waals surface area contributed by atoms with Crippen LogP contribution in [-0.2, 0) is 35.0 Å². The number of carbonyl (C=O) groups excluding carboxylic acids is 3. The third kappa shape index (κ3) is 11.0. The first kappa shape index (κ1) is 42.2. The Morgan fingerprint density at radius 1 is 1.15 bits per heavy atom. The highest BCUT2D eigenvalue weighted by Crippen LogP contribution is 2.33. The quantitative estimate of drug-likeness (QED) is 0.177. The Balaban J connectivity index is 1.55. The minimum atomic E-state index is -0.959.